The maximum atomic E-state index is 4.76. The van der Waals surface area contributed by atoms with Gasteiger partial charge in [0.2, 0.25) is 0 Å². The molecule has 0 saturated carbocycles. The first kappa shape index (κ1) is 12.8. The standard InChI is InChI=1S/C13H23N3S/c1-4-11-6-5-7-16(8-11)13-15-12(9-17-13)10(2)14-3/h9-11,14H,4-8H2,1-3H3. The van der Waals surface area contributed by atoms with E-state index in [9.17, 15) is 0 Å². The maximum Gasteiger partial charge on any atom is 0.185 e. The molecule has 17 heavy (non-hydrogen) atoms. The number of rotatable bonds is 4. The molecule has 0 spiro atoms. The van der Waals surface area contributed by atoms with E-state index in [1.54, 1.807) is 11.3 Å². The second-order valence-corrected chi connectivity index (χ2v) is 5.76. The van der Waals surface area contributed by atoms with Crippen molar-refractivity contribution in [2.45, 2.75) is 39.2 Å². The van der Waals surface area contributed by atoms with Gasteiger partial charge in [-0.2, -0.15) is 0 Å². The Bertz CT molecular complexity index is 350. The fraction of sp³-hybridized carbons (Fsp3) is 0.769. The van der Waals surface area contributed by atoms with Gasteiger partial charge >= 0.3 is 0 Å². The summed E-state index contributed by atoms with van der Waals surface area (Å²) >= 11 is 1.79. The Kier molecular flexibility index (Phi) is 4.40. The van der Waals surface area contributed by atoms with Gasteiger partial charge < -0.3 is 10.2 Å². The molecule has 1 aromatic rings. The molecule has 3 nitrogen and oxygen atoms in total. The van der Waals surface area contributed by atoms with Crippen LogP contribution in [0.15, 0.2) is 5.38 Å². The molecular weight excluding hydrogens is 230 g/mol. The fourth-order valence-corrected chi connectivity index (χ4v) is 3.30. The van der Waals surface area contributed by atoms with Crippen LogP contribution in [0.2, 0.25) is 0 Å². The molecule has 1 aliphatic rings. The van der Waals surface area contributed by atoms with E-state index in [0.717, 1.165) is 5.92 Å². The highest BCUT2D eigenvalue weighted by Gasteiger charge is 2.21. The van der Waals surface area contributed by atoms with Crippen LogP contribution in [-0.4, -0.2) is 25.1 Å². The SMILES string of the molecule is CCC1CCCN(c2nc(C(C)NC)cs2)C1. The van der Waals surface area contributed by atoms with E-state index in [2.05, 4.69) is 29.4 Å². The van der Waals surface area contributed by atoms with Crippen LogP contribution in [-0.2, 0) is 0 Å². The Morgan fingerprint density at radius 3 is 3.18 bits per heavy atom. The normalized spacial score (nSPS) is 22.8. The minimum Gasteiger partial charge on any atom is -0.348 e. The van der Waals surface area contributed by atoms with Crippen LogP contribution in [0.4, 0.5) is 5.13 Å². The van der Waals surface area contributed by atoms with E-state index in [1.807, 2.05) is 7.05 Å². The molecule has 1 fully saturated rings. The summed E-state index contributed by atoms with van der Waals surface area (Å²) in [7, 11) is 1.98. The lowest BCUT2D eigenvalue weighted by molar-refractivity contribution is 0.404. The van der Waals surface area contributed by atoms with Gasteiger partial charge in [0, 0.05) is 24.5 Å². The predicted molar refractivity (Wildman–Crippen MR) is 74.8 cm³/mol. The summed E-state index contributed by atoms with van der Waals surface area (Å²) in [5.41, 5.74) is 1.17. The number of anilines is 1. The van der Waals surface area contributed by atoms with Crippen LogP contribution in [0.1, 0.15) is 44.8 Å². The Labute approximate surface area is 108 Å². The Morgan fingerprint density at radius 1 is 1.65 bits per heavy atom. The predicted octanol–water partition coefficient (Wildman–Crippen LogP) is 3.05. The lowest BCUT2D eigenvalue weighted by Gasteiger charge is -2.32. The highest BCUT2D eigenvalue weighted by molar-refractivity contribution is 7.13. The smallest absolute Gasteiger partial charge is 0.185 e. The van der Waals surface area contributed by atoms with Crippen molar-refractivity contribution in [2.24, 2.45) is 5.92 Å². The molecule has 2 unspecified atom stereocenters. The van der Waals surface area contributed by atoms with Crippen molar-refractivity contribution < 1.29 is 0 Å². The van der Waals surface area contributed by atoms with Gasteiger partial charge in [-0.25, -0.2) is 4.98 Å². The molecule has 0 amide bonds. The summed E-state index contributed by atoms with van der Waals surface area (Å²) in [6.45, 7) is 6.82. The molecule has 1 saturated heterocycles. The molecule has 2 rings (SSSR count). The van der Waals surface area contributed by atoms with Gasteiger partial charge in [-0.05, 0) is 32.7 Å². The average Bonchev–Trinajstić information content (AvgIpc) is 2.87. The van der Waals surface area contributed by atoms with Crippen molar-refractivity contribution in [3.8, 4) is 0 Å². The molecule has 1 aromatic heterocycles. The Hall–Kier alpha value is -0.610. The van der Waals surface area contributed by atoms with Gasteiger partial charge in [0.1, 0.15) is 0 Å². The zero-order chi connectivity index (χ0) is 12.3. The number of hydrogen-bond acceptors (Lipinski definition) is 4. The summed E-state index contributed by atoms with van der Waals surface area (Å²) in [5, 5.41) is 6.64. The van der Waals surface area contributed by atoms with Crippen molar-refractivity contribution in [3.63, 3.8) is 0 Å². The number of aromatic nitrogens is 1. The number of nitrogens with zero attached hydrogens (tertiary/aromatic N) is 2. The second-order valence-electron chi connectivity index (χ2n) is 4.93. The third-order valence-corrected chi connectivity index (χ3v) is 4.67. The highest BCUT2D eigenvalue weighted by Crippen LogP contribution is 2.28. The molecule has 1 aliphatic heterocycles. The molecule has 96 valence electrons. The topological polar surface area (TPSA) is 28.2 Å². The third kappa shape index (κ3) is 2.99. The number of thiazole rings is 1. The van der Waals surface area contributed by atoms with Crippen LogP contribution in [0.25, 0.3) is 0 Å². The van der Waals surface area contributed by atoms with Gasteiger partial charge in [0.05, 0.1) is 5.69 Å². The molecule has 0 aromatic carbocycles. The molecule has 2 heterocycles. The van der Waals surface area contributed by atoms with Crippen LogP contribution < -0.4 is 10.2 Å². The van der Waals surface area contributed by atoms with Gasteiger partial charge in [0.15, 0.2) is 5.13 Å². The van der Waals surface area contributed by atoms with E-state index >= 15 is 0 Å². The monoisotopic (exact) mass is 253 g/mol. The van der Waals surface area contributed by atoms with E-state index in [1.165, 1.54) is 43.2 Å². The van der Waals surface area contributed by atoms with Gasteiger partial charge in [-0.3, -0.25) is 0 Å². The molecule has 0 radical (unpaired) electrons. The number of nitrogens with one attached hydrogen (secondary N) is 1. The van der Waals surface area contributed by atoms with Crippen LogP contribution >= 0.6 is 11.3 Å². The fourth-order valence-electron chi connectivity index (χ4n) is 2.34. The van der Waals surface area contributed by atoms with Gasteiger partial charge in [0.25, 0.3) is 0 Å². The van der Waals surface area contributed by atoms with Gasteiger partial charge in [-0.15, -0.1) is 11.3 Å². The number of piperidine rings is 1. The van der Waals surface area contributed by atoms with E-state index in [4.69, 9.17) is 4.98 Å². The molecule has 0 aliphatic carbocycles. The summed E-state index contributed by atoms with van der Waals surface area (Å²) in [4.78, 5) is 7.22. The zero-order valence-corrected chi connectivity index (χ0v) is 11.9. The summed E-state index contributed by atoms with van der Waals surface area (Å²) in [6.07, 6.45) is 3.99. The summed E-state index contributed by atoms with van der Waals surface area (Å²) in [6, 6.07) is 0.353. The van der Waals surface area contributed by atoms with Crippen LogP contribution in [0.5, 0.6) is 0 Å². The molecular formula is C13H23N3S. The van der Waals surface area contributed by atoms with Crippen LogP contribution in [0, 0.1) is 5.92 Å². The minimum absolute atomic E-state index is 0.353. The van der Waals surface area contributed by atoms with Crippen molar-refractivity contribution in [1.82, 2.24) is 10.3 Å². The van der Waals surface area contributed by atoms with E-state index < -0.39 is 0 Å². The maximum absolute atomic E-state index is 4.76. The highest BCUT2D eigenvalue weighted by atomic mass is 32.1. The first-order valence-electron chi connectivity index (χ1n) is 6.62. The first-order chi connectivity index (χ1) is 8.24. The molecule has 4 heteroatoms. The molecule has 0 bridgehead atoms. The quantitative estimate of drug-likeness (QED) is 0.894. The van der Waals surface area contributed by atoms with E-state index in [-0.39, 0.29) is 0 Å². The average molecular weight is 253 g/mol. The number of hydrogen-bond donors (Lipinski definition) is 1. The van der Waals surface area contributed by atoms with Crippen molar-refractivity contribution in [3.05, 3.63) is 11.1 Å². The van der Waals surface area contributed by atoms with Gasteiger partial charge in [-0.1, -0.05) is 13.3 Å². The minimum atomic E-state index is 0.353. The van der Waals surface area contributed by atoms with Crippen molar-refractivity contribution in [1.29, 1.82) is 0 Å². The first-order valence-corrected chi connectivity index (χ1v) is 7.50. The second kappa shape index (κ2) is 5.83. The van der Waals surface area contributed by atoms with Crippen LogP contribution in [0.3, 0.4) is 0 Å². The Balaban J connectivity index is 2.04. The van der Waals surface area contributed by atoms with Crippen molar-refractivity contribution in [2.75, 3.05) is 25.0 Å². The largest absolute Gasteiger partial charge is 0.348 e. The molecule has 1 N–H and O–H groups in total. The lowest BCUT2D eigenvalue weighted by atomic mass is 9.96. The Morgan fingerprint density at radius 2 is 2.47 bits per heavy atom. The zero-order valence-electron chi connectivity index (χ0n) is 11.1. The lowest BCUT2D eigenvalue weighted by Crippen LogP contribution is -2.35. The van der Waals surface area contributed by atoms with E-state index in [0.29, 0.717) is 6.04 Å². The summed E-state index contributed by atoms with van der Waals surface area (Å²) < 4.78 is 0. The van der Waals surface area contributed by atoms with Crippen molar-refractivity contribution >= 4 is 16.5 Å². The summed E-state index contributed by atoms with van der Waals surface area (Å²) in [5.74, 6) is 0.859. The third-order valence-electron chi connectivity index (χ3n) is 3.75. The molecule has 2 atom stereocenters.